The Morgan fingerprint density at radius 2 is 2.00 bits per heavy atom. The fraction of sp³-hybridized carbons (Fsp3) is 0.188. The SMILES string of the molecule is COC(=O)/C(=C\c1cccc2c(=O)cc(C)oc12)C(C)=O. The zero-order valence-electron chi connectivity index (χ0n) is 11.9. The molecule has 1 aromatic heterocycles. The number of rotatable bonds is 3. The van der Waals surface area contributed by atoms with E-state index >= 15 is 0 Å². The number of ketones is 1. The molecule has 0 aliphatic rings. The third-order valence-electron chi connectivity index (χ3n) is 2.99. The lowest BCUT2D eigenvalue weighted by molar-refractivity contribution is -0.137. The predicted molar refractivity (Wildman–Crippen MR) is 77.9 cm³/mol. The summed E-state index contributed by atoms with van der Waals surface area (Å²) in [7, 11) is 1.20. The fourth-order valence-electron chi connectivity index (χ4n) is 2.00. The first-order chi connectivity index (χ1) is 9.93. The minimum atomic E-state index is -0.727. The highest BCUT2D eigenvalue weighted by Gasteiger charge is 2.16. The van der Waals surface area contributed by atoms with E-state index in [9.17, 15) is 14.4 Å². The van der Waals surface area contributed by atoms with Gasteiger partial charge in [0.2, 0.25) is 0 Å². The van der Waals surface area contributed by atoms with E-state index in [1.165, 1.54) is 26.2 Å². The molecule has 0 saturated carbocycles. The van der Waals surface area contributed by atoms with E-state index in [1.807, 2.05) is 0 Å². The van der Waals surface area contributed by atoms with Gasteiger partial charge >= 0.3 is 5.97 Å². The summed E-state index contributed by atoms with van der Waals surface area (Å²) >= 11 is 0. The largest absolute Gasteiger partial charge is 0.465 e. The Bertz CT molecular complexity index is 811. The third-order valence-corrected chi connectivity index (χ3v) is 2.99. The normalized spacial score (nSPS) is 11.5. The van der Waals surface area contributed by atoms with Crippen molar-refractivity contribution in [2.75, 3.05) is 7.11 Å². The number of hydrogen-bond acceptors (Lipinski definition) is 5. The van der Waals surface area contributed by atoms with Crippen LogP contribution < -0.4 is 5.43 Å². The molecule has 0 saturated heterocycles. The average molecular weight is 286 g/mol. The second-order valence-electron chi connectivity index (χ2n) is 4.55. The summed E-state index contributed by atoms with van der Waals surface area (Å²) in [5.74, 6) is -0.695. The Morgan fingerprint density at radius 1 is 1.29 bits per heavy atom. The number of aryl methyl sites for hydroxylation is 1. The molecule has 0 N–H and O–H groups in total. The second-order valence-corrected chi connectivity index (χ2v) is 4.55. The molecule has 0 bridgehead atoms. The van der Waals surface area contributed by atoms with Gasteiger partial charge in [-0.1, -0.05) is 12.1 Å². The van der Waals surface area contributed by atoms with Gasteiger partial charge in [0, 0.05) is 11.6 Å². The van der Waals surface area contributed by atoms with Gasteiger partial charge in [-0.25, -0.2) is 4.79 Å². The number of ether oxygens (including phenoxy) is 1. The molecule has 0 aliphatic heterocycles. The molecular formula is C16H14O5. The highest BCUT2D eigenvalue weighted by atomic mass is 16.5. The number of hydrogen-bond donors (Lipinski definition) is 0. The molecule has 0 spiro atoms. The molecule has 0 amide bonds. The summed E-state index contributed by atoms with van der Waals surface area (Å²) in [6.07, 6.45) is 1.37. The summed E-state index contributed by atoms with van der Waals surface area (Å²) in [6.45, 7) is 2.93. The number of para-hydroxylation sites is 1. The van der Waals surface area contributed by atoms with Crippen molar-refractivity contribution < 1.29 is 18.7 Å². The van der Waals surface area contributed by atoms with E-state index < -0.39 is 11.8 Å². The van der Waals surface area contributed by atoms with Crippen molar-refractivity contribution in [2.45, 2.75) is 13.8 Å². The molecule has 0 atom stereocenters. The van der Waals surface area contributed by atoms with E-state index in [-0.39, 0.29) is 11.0 Å². The minimum Gasteiger partial charge on any atom is -0.465 e. The molecule has 2 rings (SSSR count). The van der Waals surface area contributed by atoms with Crippen LogP contribution in [0.5, 0.6) is 0 Å². The van der Waals surface area contributed by atoms with Crippen LogP contribution in [-0.2, 0) is 14.3 Å². The van der Waals surface area contributed by atoms with Crippen molar-refractivity contribution in [1.82, 2.24) is 0 Å². The van der Waals surface area contributed by atoms with Crippen LogP contribution in [0.3, 0.4) is 0 Å². The van der Waals surface area contributed by atoms with Crippen LogP contribution in [0, 0.1) is 6.92 Å². The Labute approximate surface area is 120 Å². The molecule has 0 fully saturated rings. The Morgan fingerprint density at radius 3 is 2.62 bits per heavy atom. The summed E-state index contributed by atoms with van der Waals surface area (Å²) in [5, 5.41) is 0.391. The van der Waals surface area contributed by atoms with Gasteiger partial charge in [0.15, 0.2) is 11.2 Å². The van der Waals surface area contributed by atoms with Gasteiger partial charge in [0.05, 0.1) is 12.5 Å². The maximum Gasteiger partial charge on any atom is 0.341 e. The number of Topliss-reactive ketones (excluding diaryl/α,β-unsaturated/α-hetero) is 1. The average Bonchev–Trinajstić information content (AvgIpc) is 2.43. The van der Waals surface area contributed by atoms with Crippen molar-refractivity contribution in [2.24, 2.45) is 0 Å². The standard InChI is InChI=1S/C16H14O5/c1-9-7-14(18)12-6-4-5-11(15(12)21-9)8-13(10(2)17)16(19)20-3/h4-8H,1-3H3/b13-8-. The number of benzene rings is 1. The Kier molecular flexibility index (Phi) is 4.03. The molecule has 2 aromatic rings. The van der Waals surface area contributed by atoms with Crippen molar-refractivity contribution in [3.63, 3.8) is 0 Å². The fourth-order valence-corrected chi connectivity index (χ4v) is 2.00. The number of fused-ring (bicyclic) bond motifs is 1. The van der Waals surface area contributed by atoms with Crippen LogP contribution in [0.25, 0.3) is 17.0 Å². The molecule has 108 valence electrons. The van der Waals surface area contributed by atoms with Gasteiger partial charge in [-0.05, 0) is 26.0 Å². The van der Waals surface area contributed by atoms with E-state index in [0.29, 0.717) is 22.3 Å². The Balaban J connectivity index is 2.75. The molecule has 0 radical (unpaired) electrons. The summed E-state index contributed by atoms with van der Waals surface area (Å²) in [6, 6.07) is 6.34. The summed E-state index contributed by atoms with van der Waals surface area (Å²) in [5.41, 5.74) is 0.537. The monoisotopic (exact) mass is 286 g/mol. The maximum absolute atomic E-state index is 11.9. The lowest BCUT2D eigenvalue weighted by atomic mass is 10.1. The van der Waals surface area contributed by atoms with Crippen molar-refractivity contribution >= 4 is 28.8 Å². The molecule has 0 unspecified atom stereocenters. The van der Waals surface area contributed by atoms with Crippen LogP contribution in [0.4, 0.5) is 0 Å². The van der Waals surface area contributed by atoms with Gasteiger partial charge in [0.25, 0.3) is 0 Å². The van der Waals surface area contributed by atoms with Crippen molar-refractivity contribution in [1.29, 1.82) is 0 Å². The van der Waals surface area contributed by atoms with E-state index in [1.54, 1.807) is 25.1 Å². The third kappa shape index (κ3) is 2.91. The van der Waals surface area contributed by atoms with Gasteiger partial charge in [-0.3, -0.25) is 9.59 Å². The van der Waals surface area contributed by atoms with Gasteiger partial charge in [-0.2, -0.15) is 0 Å². The first kappa shape index (κ1) is 14.7. The lowest BCUT2D eigenvalue weighted by Gasteiger charge is -2.05. The minimum absolute atomic E-state index is 0.103. The lowest BCUT2D eigenvalue weighted by Crippen LogP contribution is -2.11. The van der Waals surface area contributed by atoms with E-state index in [2.05, 4.69) is 4.74 Å². The quantitative estimate of drug-likeness (QED) is 0.374. The topological polar surface area (TPSA) is 73.6 Å². The first-order valence-corrected chi connectivity index (χ1v) is 6.28. The molecule has 1 heterocycles. The van der Waals surface area contributed by atoms with Gasteiger partial charge in [0.1, 0.15) is 16.9 Å². The van der Waals surface area contributed by atoms with E-state index in [4.69, 9.17) is 4.42 Å². The van der Waals surface area contributed by atoms with Gasteiger partial charge < -0.3 is 9.15 Å². The molecule has 5 heteroatoms. The van der Waals surface area contributed by atoms with Gasteiger partial charge in [-0.15, -0.1) is 0 Å². The smallest absolute Gasteiger partial charge is 0.341 e. The molecule has 21 heavy (non-hydrogen) atoms. The molecular weight excluding hydrogens is 272 g/mol. The molecule has 0 aliphatic carbocycles. The predicted octanol–water partition coefficient (Wildman–Crippen LogP) is 2.25. The van der Waals surface area contributed by atoms with E-state index in [0.717, 1.165) is 0 Å². The zero-order valence-corrected chi connectivity index (χ0v) is 11.9. The number of esters is 1. The Hall–Kier alpha value is -2.69. The summed E-state index contributed by atoms with van der Waals surface area (Å²) < 4.78 is 10.1. The maximum atomic E-state index is 11.9. The van der Waals surface area contributed by atoms with Crippen LogP contribution in [-0.4, -0.2) is 18.9 Å². The molecule has 1 aromatic carbocycles. The highest BCUT2D eigenvalue weighted by molar-refractivity contribution is 6.20. The number of methoxy groups -OCH3 is 1. The number of carbonyl (C=O) groups is 2. The second kappa shape index (κ2) is 5.75. The number of carbonyl (C=O) groups excluding carboxylic acids is 2. The van der Waals surface area contributed by atoms with Crippen molar-refractivity contribution in [3.05, 3.63) is 51.4 Å². The highest BCUT2D eigenvalue weighted by Crippen LogP contribution is 2.20. The van der Waals surface area contributed by atoms with Crippen molar-refractivity contribution in [3.8, 4) is 0 Å². The summed E-state index contributed by atoms with van der Waals surface area (Å²) in [4.78, 5) is 35.1. The van der Waals surface area contributed by atoms with Crippen LogP contribution >= 0.6 is 0 Å². The molecule has 5 nitrogen and oxygen atoms in total. The zero-order chi connectivity index (χ0) is 15.6. The first-order valence-electron chi connectivity index (χ1n) is 6.28. The van der Waals surface area contributed by atoms with Crippen LogP contribution in [0.2, 0.25) is 0 Å². The van der Waals surface area contributed by atoms with Crippen LogP contribution in [0.1, 0.15) is 18.2 Å². The van der Waals surface area contributed by atoms with Crippen LogP contribution in [0.15, 0.2) is 39.1 Å².